The van der Waals surface area contributed by atoms with E-state index in [0.29, 0.717) is 17.4 Å². The van der Waals surface area contributed by atoms with Crippen LogP contribution in [0.3, 0.4) is 0 Å². The molecule has 2 N–H and O–H groups in total. The van der Waals surface area contributed by atoms with Crippen molar-refractivity contribution in [2.45, 2.75) is 72.3 Å². The van der Waals surface area contributed by atoms with Gasteiger partial charge in [-0.25, -0.2) is 0 Å². The number of halogens is 1. The molecule has 0 bridgehead atoms. The summed E-state index contributed by atoms with van der Waals surface area (Å²) in [5, 5.41) is 7.01. The van der Waals surface area contributed by atoms with Gasteiger partial charge in [0.25, 0.3) is 0 Å². The second-order valence-corrected chi connectivity index (χ2v) is 7.53. The average molecular weight is 483 g/mol. The highest BCUT2D eigenvalue weighted by Gasteiger charge is 2.33. The highest BCUT2D eigenvalue weighted by molar-refractivity contribution is 14.0. The van der Waals surface area contributed by atoms with E-state index in [-0.39, 0.29) is 24.0 Å². The van der Waals surface area contributed by atoms with Crippen molar-refractivity contribution >= 4 is 29.9 Å². The maximum atomic E-state index is 5.82. The molecule has 0 aromatic rings. The fourth-order valence-electron chi connectivity index (χ4n) is 3.72. The highest BCUT2D eigenvalue weighted by atomic mass is 127. The molecule has 1 rings (SSSR count). The van der Waals surface area contributed by atoms with E-state index in [1.54, 1.807) is 0 Å². The maximum absolute atomic E-state index is 5.82. The second-order valence-electron chi connectivity index (χ2n) is 7.53. The van der Waals surface area contributed by atoms with Crippen LogP contribution in [0, 0.1) is 11.3 Å². The Morgan fingerprint density at radius 3 is 2.35 bits per heavy atom. The van der Waals surface area contributed by atoms with Gasteiger partial charge in [-0.3, -0.25) is 4.99 Å². The van der Waals surface area contributed by atoms with Gasteiger partial charge in [0, 0.05) is 40.0 Å². The van der Waals surface area contributed by atoms with E-state index in [2.05, 4.69) is 43.3 Å². The van der Waals surface area contributed by atoms with Crippen molar-refractivity contribution in [3.63, 3.8) is 0 Å². The van der Waals surface area contributed by atoms with Gasteiger partial charge in [-0.1, -0.05) is 26.7 Å². The van der Waals surface area contributed by atoms with E-state index in [1.807, 2.05) is 7.05 Å². The second kappa shape index (κ2) is 14.9. The normalized spacial score (nSPS) is 17.8. The maximum Gasteiger partial charge on any atom is 0.190 e. The molecule has 26 heavy (non-hydrogen) atoms. The summed E-state index contributed by atoms with van der Waals surface area (Å²) < 4.78 is 11.4. The Labute approximate surface area is 178 Å². The van der Waals surface area contributed by atoms with Gasteiger partial charge in [-0.05, 0) is 50.9 Å². The van der Waals surface area contributed by atoms with Crippen LogP contribution in [0.2, 0.25) is 0 Å². The first-order valence-electron chi connectivity index (χ1n) is 10.2. The summed E-state index contributed by atoms with van der Waals surface area (Å²) in [4.78, 5) is 4.39. The van der Waals surface area contributed by atoms with Gasteiger partial charge in [0.05, 0.1) is 6.10 Å². The van der Waals surface area contributed by atoms with Gasteiger partial charge in [0.1, 0.15) is 0 Å². The molecule has 0 aliphatic heterocycles. The largest absolute Gasteiger partial charge is 0.382 e. The van der Waals surface area contributed by atoms with Crippen molar-refractivity contribution < 1.29 is 9.47 Å². The van der Waals surface area contributed by atoms with Gasteiger partial charge in [-0.2, -0.15) is 0 Å². The lowest BCUT2D eigenvalue weighted by molar-refractivity contribution is 0.0258. The van der Waals surface area contributed by atoms with E-state index in [9.17, 15) is 0 Å². The molecule has 0 saturated heterocycles. The molecule has 6 heteroatoms. The molecular formula is C20H42IN3O2. The van der Waals surface area contributed by atoms with Crippen LogP contribution in [0.25, 0.3) is 0 Å². The van der Waals surface area contributed by atoms with Crippen LogP contribution in [-0.2, 0) is 9.47 Å². The molecule has 1 aliphatic rings. The molecule has 5 nitrogen and oxygen atoms in total. The molecule has 1 unspecified atom stereocenters. The molecule has 0 aromatic carbocycles. The molecule has 0 radical (unpaired) electrons. The van der Waals surface area contributed by atoms with Crippen molar-refractivity contribution in [2.75, 3.05) is 40.0 Å². The topological polar surface area (TPSA) is 54.9 Å². The van der Waals surface area contributed by atoms with E-state index < -0.39 is 0 Å². The van der Waals surface area contributed by atoms with Crippen LogP contribution in [0.4, 0.5) is 0 Å². The number of rotatable bonds is 12. The molecule has 0 heterocycles. The summed E-state index contributed by atoms with van der Waals surface area (Å²) in [6.45, 7) is 12.9. The van der Waals surface area contributed by atoms with Crippen LogP contribution >= 0.6 is 24.0 Å². The minimum atomic E-state index is 0. The number of hydrogen-bond donors (Lipinski definition) is 2. The zero-order chi connectivity index (χ0) is 18.5. The Morgan fingerprint density at radius 2 is 1.81 bits per heavy atom. The fraction of sp³-hybridized carbons (Fsp3) is 0.950. The molecule has 0 aromatic heterocycles. The third kappa shape index (κ3) is 9.74. The van der Waals surface area contributed by atoms with Gasteiger partial charge in [0.15, 0.2) is 5.96 Å². The summed E-state index contributed by atoms with van der Waals surface area (Å²) >= 11 is 0. The first kappa shape index (κ1) is 25.9. The fourth-order valence-corrected chi connectivity index (χ4v) is 3.72. The molecule has 1 aliphatic carbocycles. The lowest BCUT2D eigenvalue weighted by atomic mass is 9.83. The Bertz CT molecular complexity index is 372. The summed E-state index contributed by atoms with van der Waals surface area (Å²) in [5.74, 6) is 1.44. The number of ether oxygens (including phenoxy) is 2. The van der Waals surface area contributed by atoms with Crippen molar-refractivity contribution in [1.29, 1.82) is 0 Å². The quantitative estimate of drug-likeness (QED) is 0.189. The summed E-state index contributed by atoms with van der Waals surface area (Å²) in [6, 6.07) is 0. The first-order valence-corrected chi connectivity index (χ1v) is 10.2. The number of aliphatic imine (C=N–C) groups is 1. The third-order valence-corrected chi connectivity index (χ3v) is 5.35. The number of nitrogens with zero attached hydrogens (tertiary/aromatic N) is 1. The molecule has 0 spiro atoms. The first-order chi connectivity index (χ1) is 12.1. The van der Waals surface area contributed by atoms with Crippen molar-refractivity contribution in [2.24, 2.45) is 16.3 Å². The lowest BCUT2D eigenvalue weighted by Gasteiger charge is -2.30. The van der Waals surface area contributed by atoms with E-state index in [1.165, 1.54) is 25.7 Å². The van der Waals surface area contributed by atoms with Gasteiger partial charge >= 0.3 is 0 Å². The Kier molecular flexibility index (Phi) is 14.9. The molecule has 156 valence electrons. The Balaban J connectivity index is 0.00000625. The van der Waals surface area contributed by atoms with Crippen molar-refractivity contribution in [3.8, 4) is 0 Å². The summed E-state index contributed by atoms with van der Waals surface area (Å²) in [7, 11) is 1.85. The summed E-state index contributed by atoms with van der Waals surface area (Å²) in [5.41, 5.74) is 0.374. The lowest BCUT2D eigenvalue weighted by Crippen LogP contribution is -2.44. The zero-order valence-corrected chi connectivity index (χ0v) is 19.9. The number of guanidine groups is 1. The minimum Gasteiger partial charge on any atom is -0.382 e. The highest BCUT2D eigenvalue weighted by Crippen LogP contribution is 2.40. The van der Waals surface area contributed by atoms with E-state index in [4.69, 9.17) is 9.47 Å². The van der Waals surface area contributed by atoms with E-state index >= 15 is 0 Å². The third-order valence-electron chi connectivity index (χ3n) is 5.35. The van der Waals surface area contributed by atoms with Crippen molar-refractivity contribution in [3.05, 3.63) is 0 Å². The molecular weight excluding hydrogens is 441 g/mol. The molecule has 0 amide bonds. The van der Waals surface area contributed by atoms with Crippen molar-refractivity contribution in [1.82, 2.24) is 10.6 Å². The molecule has 1 saturated carbocycles. The summed E-state index contributed by atoms with van der Waals surface area (Å²) in [6.07, 6.45) is 7.72. The van der Waals surface area contributed by atoms with Crippen LogP contribution in [0.15, 0.2) is 4.99 Å². The number of nitrogens with one attached hydrogen (secondary N) is 2. The predicted molar refractivity (Wildman–Crippen MR) is 122 cm³/mol. The minimum absolute atomic E-state index is 0. The molecule has 1 fully saturated rings. The monoisotopic (exact) mass is 483 g/mol. The van der Waals surface area contributed by atoms with Crippen LogP contribution < -0.4 is 10.6 Å². The van der Waals surface area contributed by atoms with Crippen LogP contribution in [0.1, 0.15) is 66.2 Å². The molecule has 1 atom stereocenters. The van der Waals surface area contributed by atoms with Crippen LogP contribution in [0.5, 0.6) is 0 Å². The smallest absolute Gasteiger partial charge is 0.190 e. The van der Waals surface area contributed by atoms with Gasteiger partial charge in [0.2, 0.25) is 0 Å². The SMILES string of the molecule is CCOCCC1(CNC(=NC)NCCC(OCC)C(C)C)CCCC1.I. The number of hydrogen-bond acceptors (Lipinski definition) is 3. The van der Waals surface area contributed by atoms with Crippen LogP contribution in [-0.4, -0.2) is 52.0 Å². The average Bonchev–Trinajstić information content (AvgIpc) is 3.06. The van der Waals surface area contributed by atoms with Gasteiger partial charge in [-0.15, -0.1) is 24.0 Å². The Morgan fingerprint density at radius 1 is 1.12 bits per heavy atom. The van der Waals surface area contributed by atoms with E-state index in [0.717, 1.165) is 51.7 Å². The standard InChI is InChI=1S/C20H41N3O2.HI/c1-6-24-15-13-20(11-8-9-12-20)16-23-19(21-5)22-14-10-18(17(3)4)25-7-2;/h17-18H,6-16H2,1-5H3,(H2,21,22,23);1H. The zero-order valence-electron chi connectivity index (χ0n) is 17.6. The van der Waals surface area contributed by atoms with Gasteiger partial charge < -0.3 is 20.1 Å². The predicted octanol–water partition coefficient (Wildman–Crippen LogP) is 4.21. The Hall–Kier alpha value is -0.0800.